The maximum Gasteiger partial charge on any atom is 0.120 e. The lowest BCUT2D eigenvalue weighted by atomic mass is 10.1. The van der Waals surface area contributed by atoms with Gasteiger partial charge in [0.1, 0.15) is 5.75 Å². The minimum absolute atomic E-state index is 0.410. The van der Waals surface area contributed by atoms with E-state index in [4.69, 9.17) is 0 Å². The Morgan fingerprint density at radius 1 is 1.25 bits per heavy atom. The molecule has 1 aliphatic carbocycles. The second kappa shape index (κ2) is 3.04. The van der Waals surface area contributed by atoms with Crippen LogP contribution in [-0.4, -0.2) is 5.11 Å². The van der Waals surface area contributed by atoms with E-state index in [-0.39, 0.29) is 0 Å². The van der Waals surface area contributed by atoms with E-state index < -0.39 is 0 Å². The van der Waals surface area contributed by atoms with E-state index in [9.17, 15) is 5.11 Å². The van der Waals surface area contributed by atoms with Crippen LogP contribution in [0.15, 0.2) is 21.1 Å². The fourth-order valence-electron chi connectivity index (χ4n) is 1.32. The number of aromatic hydroxyl groups is 1. The number of benzene rings is 1. The summed E-state index contributed by atoms with van der Waals surface area (Å²) in [6, 6.07) is 3.59. The summed E-state index contributed by atoms with van der Waals surface area (Å²) in [4.78, 5) is 0. The molecule has 0 heterocycles. The first-order valence-corrected chi connectivity index (χ1v) is 5.45. The molecule has 1 aromatic rings. The van der Waals surface area contributed by atoms with Crippen LogP contribution in [0.1, 0.15) is 24.3 Å². The van der Waals surface area contributed by atoms with Crippen molar-refractivity contribution in [3.8, 4) is 5.75 Å². The molecule has 0 spiro atoms. The molecule has 0 bridgehead atoms. The van der Waals surface area contributed by atoms with Crippen LogP contribution in [0.4, 0.5) is 0 Å². The van der Waals surface area contributed by atoms with Gasteiger partial charge in [0.2, 0.25) is 0 Å². The van der Waals surface area contributed by atoms with Crippen molar-refractivity contribution in [1.82, 2.24) is 0 Å². The lowest BCUT2D eigenvalue weighted by Crippen LogP contribution is -1.84. The number of phenolic OH excluding ortho intramolecular Hbond substituents is 1. The summed E-state index contributed by atoms with van der Waals surface area (Å²) in [5.41, 5.74) is 1.06. The Labute approximate surface area is 88.0 Å². The third kappa shape index (κ3) is 1.40. The van der Waals surface area contributed by atoms with E-state index >= 15 is 0 Å². The zero-order valence-corrected chi connectivity index (χ0v) is 9.52. The largest absolute Gasteiger partial charge is 0.508 e. The predicted molar refractivity (Wildman–Crippen MR) is 55.5 cm³/mol. The Morgan fingerprint density at radius 2 is 1.92 bits per heavy atom. The lowest BCUT2D eigenvalue weighted by molar-refractivity contribution is 0.467. The van der Waals surface area contributed by atoms with Crippen molar-refractivity contribution in [3.05, 3.63) is 26.6 Å². The van der Waals surface area contributed by atoms with Crippen LogP contribution >= 0.6 is 31.9 Å². The maximum atomic E-state index is 9.58. The number of rotatable bonds is 1. The summed E-state index contributed by atoms with van der Waals surface area (Å²) >= 11 is 6.88. The molecule has 64 valence electrons. The summed E-state index contributed by atoms with van der Waals surface area (Å²) in [6.45, 7) is 0. The first-order chi connectivity index (χ1) is 5.70. The molecule has 1 N–H and O–H groups in total. The average molecular weight is 292 g/mol. The summed E-state index contributed by atoms with van der Waals surface area (Å²) in [5.74, 6) is 0.976. The van der Waals surface area contributed by atoms with E-state index in [1.807, 2.05) is 6.07 Å². The van der Waals surface area contributed by atoms with Crippen LogP contribution in [0, 0.1) is 0 Å². The topological polar surface area (TPSA) is 20.2 Å². The van der Waals surface area contributed by atoms with Crippen LogP contribution in [0.25, 0.3) is 0 Å². The van der Waals surface area contributed by atoms with Crippen molar-refractivity contribution in [2.24, 2.45) is 0 Å². The average Bonchev–Trinajstić information content (AvgIpc) is 2.81. The Kier molecular flexibility index (Phi) is 2.17. The van der Waals surface area contributed by atoms with Crippen molar-refractivity contribution >= 4 is 31.9 Å². The Bertz CT molecular complexity index is 319. The van der Waals surface area contributed by atoms with Gasteiger partial charge in [-0.1, -0.05) is 0 Å². The van der Waals surface area contributed by atoms with Crippen molar-refractivity contribution in [2.45, 2.75) is 18.8 Å². The smallest absolute Gasteiger partial charge is 0.120 e. The highest BCUT2D eigenvalue weighted by atomic mass is 79.9. The number of hydrogen-bond acceptors (Lipinski definition) is 1. The van der Waals surface area contributed by atoms with E-state index in [1.165, 1.54) is 12.8 Å². The number of phenols is 1. The molecule has 1 aliphatic rings. The highest BCUT2D eigenvalue weighted by Crippen LogP contribution is 2.48. The zero-order valence-electron chi connectivity index (χ0n) is 6.35. The van der Waals surface area contributed by atoms with Gasteiger partial charge in [0.25, 0.3) is 0 Å². The van der Waals surface area contributed by atoms with Gasteiger partial charge in [0.05, 0.1) is 0 Å². The van der Waals surface area contributed by atoms with Gasteiger partial charge in [0.15, 0.2) is 0 Å². The predicted octanol–water partition coefficient (Wildman–Crippen LogP) is 3.79. The Balaban J connectivity index is 2.55. The quantitative estimate of drug-likeness (QED) is 0.834. The van der Waals surface area contributed by atoms with Crippen LogP contribution in [0.3, 0.4) is 0 Å². The normalized spacial score (nSPS) is 16.5. The second-order valence-corrected chi connectivity index (χ2v) is 4.72. The molecule has 0 aromatic heterocycles. The minimum Gasteiger partial charge on any atom is -0.508 e. The maximum absolute atomic E-state index is 9.58. The van der Waals surface area contributed by atoms with Crippen LogP contribution in [0.2, 0.25) is 0 Å². The molecule has 0 unspecified atom stereocenters. The summed E-state index contributed by atoms with van der Waals surface area (Å²) in [6.07, 6.45) is 2.39. The molecule has 1 nitrogen and oxygen atoms in total. The second-order valence-electron chi connectivity index (χ2n) is 3.07. The molecule has 0 saturated heterocycles. The summed E-state index contributed by atoms with van der Waals surface area (Å²) in [5, 5.41) is 9.58. The van der Waals surface area contributed by atoms with Gasteiger partial charge in [0, 0.05) is 14.5 Å². The highest BCUT2D eigenvalue weighted by Gasteiger charge is 2.29. The first kappa shape index (κ1) is 8.57. The van der Waals surface area contributed by atoms with Gasteiger partial charge < -0.3 is 5.11 Å². The highest BCUT2D eigenvalue weighted by molar-refractivity contribution is 9.13. The summed E-state index contributed by atoms with van der Waals surface area (Å²) in [7, 11) is 0. The molecule has 12 heavy (non-hydrogen) atoms. The monoisotopic (exact) mass is 290 g/mol. The van der Waals surface area contributed by atoms with Crippen LogP contribution in [0.5, 0.6) is 5.75 Å². The van der Waals surface area contributed by atoms with E-state index in [0.717, 1.165) is 14.5 Å². The van der Waals surface area contributed by atoms with Crippen molar-refractivity contribution in [3.63, 3.8) is 0 Å². The molecule has 2 rings (SSSR count). The fraction of sp³-hybridized carbons (Fsp3) is 0.333. The molecule has 1 saturated carbocycles. The Morgan fingerprint density at radius 3 is 2.50 bits per heavy atom. The van der Waals surface area contributed by atoms with Crippen LogP contribution < -0.4 is 0 Å². The van der Waals surface area contributed by atoms with E-state index in [2.05, 4.69) is 31.9 Å². The summed E-state index contributed by atoms with van der Waals surface area (Å²) < 4.78 is 2.02. The molecule has 0 atom stereocenters. The molecule has 1 fully saturated rings. The third-order valence-electron chi connectivity index (χ3n) is 2.10. The SMILES string of the molecule is Oc1ccc(Br)c(Br)c1C1CC1. The zero-order chi connectivity index (χ0) is 8.72. The van der Waals surface area contributed by atoms with E-state index in [1.54, 1.807) is 6.07 Å². The van der Waals surface area contributed by atoms with Gasteiger partial charge in [-0.2, -0.15) is 0 Å². The number of hydrogen-bond donors (Lipinski definition) is 1. The van der Waals surface area contributed by atoms with Gasteiger partial charge in [-0.05, 0) is 62.8 Å². The first-order valence-electron chi connectivity index (χ1n) is 3.87. The van der Waals surface area contributed by atoms with Crippen molar-refractivity contribution in [2.75, 3.05) is 0 Å². The fourth-order valence-corrected chi connectivity index (χ4v) is 2.32. The standard InChI is InChI=1S/C9H8Br2O/c10-6-3-4-7(12)8(9(6)11)5-1-2-5/h3-5,12H,1-2H2. The molecular weight excluding hydrogens is 284 g/mol. The molecule has 0 aliphatic heterocycles. The van der Waals surface area contributed by atoms with Gasteiger partial charge in [-0.15, -0.1) is 0 Å². The van der Waals surface area contributed by atoms with Crippen molar-refractivity contribution in [1.29, 1.82) is 0 Å². The molecule has 3 heteroatoms. The van der Waals surface area contributed by atoms with Gasteiger partial charge in [-0.3, -0.25) is 0 Å². The lowest BCUT2D eigenvalue weighted by Gasteiger charge is -2.06. The van der Waals surface area contributed by atoms with Crippen molar-refractivity contribution < 1.29 is 5.11 Å². The van der Waals surface area contributed by atoms with Gasteiger partial charge >= 0.3 is 0 Å². The Hall–Kier alpha value is -0.0200. The van der Waals surface area contributed by atoms with E-state index in [0.29, 0.717) is 11.7 Å². The minimum atomic E-state index is 0.410. The number of halogens is 2. The van der Waals surface area contributed by atoms with Gasteiger partial charge in [-0.25, -0.2) is 0 Å². The van der Waals surface area contributed by atoms with Crippen LogP contribution in [-0.2, 0) is 0 Å². The molecule has 1 aromatic carbocycles. The third-order valence-corrected chi connectivity index (χ3v) is 4.14. The molecule has 0 amide bonds. The molecule has 0 radical (unpaired) electrons. The molecular formula is C9H8Br2O.